The van der Waals surface area contributed by atoms with E-state index in [4.69, 9.17) is 4.74 Å². The molecular formula is C31H52N2O. The van der Waals surface area contributed by atoms with Crippen LogP contribution in [0.15, 0.2) is 46.2 Å². The van der Waals surface area contributed by atoms with Crippen LogP contribution < -0.4 is 0 Å². The van der Waals surface area contributed by atoms with Gasteiger partial charge in [0.25, 0.3) is 0 Å². The third-order valence-electron chi connectivity index (χ3n) is 9.22. The van der Waals surface area contributed by atoms with E-state index in [0.717, 1.165) is 44.9 Å². The average Bonchev–Trinajstić information content (AvgIpc) is 3.08. The zero-order valence-corrected chi connectivity index (χ0v) is 23.5. The summed E-state index contributed by atoms with van der Waals surface area (Å²) in [5, 5.41) is 0. The van der Waals surface area contributed by atoms with E-state index in [-0.39, 0.29) is 5.41 Å². The Labute approximate surface area is 211 Å². The number of rotatable bonds is 8. The Morgan fingerprint density at radius 1 is 1.00 bits per heavy atom. The minimum atomic E-state index is 0.225. The van der Waals surface area contributed by atoms with E-state index >= 15 is 0 Å². The van der Waals surface area contributed by atoms with Gasteiger partial charge in [-0.1, -0.05) is 37.6 Å². The molecule has 0 aromatic carbocycles. The highest BCUT2D eigenvalue weighted by atomic mass is 16.5. The number of ether oxygens (including phenoxy) is 1. The molecule has 0 radical (unpaired) electrons. The molecule has 0 bridgehead atoms. The molecule has 1 saturated carbocycles. The van der Waals surface area contributed by atoms with Crippen LogP contribution in [0.25, 0.3) is 0 Å². The van der Waals surface area contributed by atoms with E-state index in [0.29, 0.717) is 12.0 Å². The molecule has 0 N–H and O–H groups in total. The largest absolute Gasteiger partial charge is 0.384 e. The summed E-state index contributed by atoms with van der Waals surface area (Å²) in [7, 11) is 6.31. The number of hydrogen-bond acceptors (Lipinski definition) is 3. The maximum Gasteiger partial charge on any atom is 0.0528 e. The summed E-state index contributed by atoms with van der Waals surface area (Å²) in [6.45, 7) is 14.0. The molecular weight excluding hydrogens is 416 g/mol. The molecule has 192 valence electrons. The summed E-state index contributed by atoms with van der Waals surface area (Å²) in [4.78, 5) is 5.23. The standard InChI is InChI=1S/C31H52N2O/c1-9-31(5)21-27(26-12-11-25(22-34-8)19-23(3)20-26)13-18-30(24(31)4)33(10-2)29-16-14-28(15-17-29)32(6)7/h12-13,19,25,28-29H,9-11,14-18,20-22H2,1-8H3/t25-,28?,29?,31?/m1/s1. The summed E-state index contributed by atoms with van der Waals surface area (Å²) < 4.78 is 5.48. The molecule has 3 rings (SSSR count). The van der Waals surface area contributed by atoms with Crippen LogP contribution >= 0.6 is 0 Å². The van der Waals surface area contributed by atoms with Gasteiger partial charge in [-0.15, -0.1) is 0 Å². The number of methoxy groups -OCH3 is 1. The lowest BCUT2D eigenvalue weighted by Gasteiger charge is -2.42. The van der Waals surface area contributed by atoms with Crippen LogP contribution in [0.1, 0.15) is 92.4 Å². The fourth-order valence-electron chi connectivity index (χ4n) is 6.64. The second kappa shape index (κ2) is 12.1. The van der Waals surface area contributed by atoms with Crippen molar-refractivity contribution in [1.29, 1.82) is 0 Å². The van der Waals surface area contributed by atoms with Gasteiger partial charge < -0.3 is 14.5 Å². The molecule has 0 aromatic heterocycles. The summed E-state index contributed by atoms with van der Waals surface area (Å²) in [5.74, 6) is 0.509. The molecule has 0 heterocycles. The van der Waals surface area contributed by atoms with Crippen molar-refractivity contribution >= 4 is 0 Å². The summed E-state index contributed by atoms with van der Waals surface area (Å²) in [6, 6.07) is 1.45. The maximum absolute atomic E-state index is 5.48. The van der Waals surface area contributed by atoms with Gasteiger partial charge in [0.1, 0.15) is 0 Å². The van der Waals surface area contributed by atoms with Crippen molar-refractivity contribution in [2.24, 2.45) is 11.3 Å². The minimum Gasteiger partial charge on any atom is -0.384 e. The van der Waals surface area contributed by atoms with Crippen LogP contribution in [0.3, 0.4) is 0 Å². The second-order valence-electron chi connectivity index (χ2n) is 11.7. The van der Waals surface area contributed by atoms with Crippen molar-refractivity contribution in [1.82, 2.24) is 9.80 Å². The van der Waals surface area contributed by atoms with E-state index in [1.807, 2.05) is 7.11 Å². The third-order valence-corrected chi connectivity index (χ3v) is 9.22. The number of nitrogens with zero attached hydrogens (tertiary/aromatic N) is 2. The predicted octanol–water partition coefficient (Wildman–Crippen LogP) is 7.52. The lowest BCUT2D eigenvalue weighted by molar-refractivity contribution is 0.143. The quantitative estimate of drug-likeness (QED) is 0.343. The summed E-state index contributed by atoms with van der Waals surface area (Å²) in [6.07, 6.45) is 18.5. The van der Waals surface area contributed by atoms with Crippen LogP contribution in [-0.4, -0.2) is 56.2 Å². The van der Waals surface area contributed by atoms with E-state index in [9.17, 15) is 0 Å². The van der Waals surface area contributed by atoms with Crippen molar-refractivity contribution in [2.45, 2.75) is 104 Å². The second-order valence-corrected chi connectivity index (χ2v) is 11.7. The maximum atomic E-state index is 5.48. The fraction of sp³-hybridized carbons (Fsp3) is 0.742. The summed E-state index contributed by atoms with van der Waals surface area (Å²) >= 11 is 0. The molecule has 0 spiro atoms. The monoisotopic (exact) mass is 468 g/mol. The highest BCUT2D eigenvalue weighted by Gasteiger charge is 2.35. The first-order chi connectivity index (χ1) is 16.2. The Morgan fingerprint density at radius 3 is 2.26 bits per heavy atom. The SMILES string of the molecule is CCN(C1=C(C)C(C)(CC)CC(C2=CC[C@@H](COC)C=C(C)C2)=CC1)C1CCC(N(C)C)CC1. The molecule has 0 saturated heterocycles. The van der Waals surface area contributed by atoms with Gasteiger partial charge in [-0.2, -0.15) is 0 Å². The Bertz CT molecular complexity index is 809. The zero-order chi connectivity index (χ0) is 24.9. The molecule has 0 aromatic rings. The lowest BCUT2D eigenvalue weighted by atomic mass is 9.74. The summed E-state index contributed by atoms with van der Waals surface area (Å²) in [5.41, 5.74) is 8.13. The van der Waals surface area contributed by atoms with Gasteiger partial charge in [0.2, 0.25) is 0 Å². The van der Waals surface area contributed by atoms with Crippen molar-refractivity contribution in [3.05, 3.63) is 46.2 Å². The Hall–Kier alpha value is -1.32. The highest BCUT2D eigenvalue weighted by Crippen LogP contribution is 2.46. The molecule has 2 atom stereocenters. The molecule has 3 aliphatic carbocycles. The van der Waals surface area contributed by atoms with Crippen LogP contribution in [0.5, 0.6) is 0 Å². The molecule has 34 heavy (non-hydrogen) atoms. The Morgan fingerprint density at radius 2 is 1.68 bits per heavy atom. The first kappa shape index (κ1) is 27.3. The van der Waals surface area contributed by atoms with Gasteiger partial charge in [0.05, 0.1) is 6.61 Å². The topological polar surface area (TPSA) is 15.7 Å². The first-order valence-corrected chi connectivity index (χ1v) is 13.9. The molecule has 1 fully saturated rings. The number of allylic oxidation sites excluding steroid dienone is 6. The van der Waals surface area contributed by atoms with Gasteiger partial charge in [0, 0.05) is 43.8 Å². The van der Waals surface area contributed by atoms with Crippen LogP contribution in [0, 0.1) is 11.3 Å². The average molecular weight is 469 g/mol. The van der Waals surface area contributed by atoms with Crippen molar-refractivity contribution < 1.29 is 4.74 Å². The van der Waals surface area contributed by atoms with Gasteiger partial charge >= 0.3 is 0 Å². The van der Waals surface area contributed by atoms with E-state index in [1.54, 1.807) is 22.4 Å². The van der Waals surface area contributed by atoms with Crippen LogP contribution in [0.4, 0.5) is 0 Å². The molecule has 1 unspecified atom stereocenters. The van der Waals surface area contributed by atoms with Gasteiger partial charge in [-0.25, -0.2) is 0 Å². The minimum absolute atomic E-state index is 0.225. The van der Waals surface area contributed by atoms with Crippen molar-refractivity contribution in [2.75, 3.05) is 34.4 Å². The highest BCUT2D eigenvalue weighted by molar-refractivity contribution is 5.41. The van der Waals surface area contributed by atoms with Gasteiger partial charge in [-0.3, -0.25) is 0 Å². The predicted molar refractivity (Wildman–Crippen MR) is 147 cm³/mol. The fourth-order valence-corrected chi connectivity index (χ4v) is 6.64. The third kappa shape index (κ3) is 6.26. The zero-order valence-electron chi connectivity index (χ0n) is 23.5. The van der Waals surface area contributed by atoms with E-state index in [1.165, 1.54) is 37.7 Å². The molecule has 3 nitrogen and oxygen atoms in total. The Kier molecular flexibility index (Phi) is 9.69. The van der Waals surface area contributed by atoms with E-state index < -0.39 is 0 Å². The Balaban J connectivity index is 1.87. The van der Waals surface area contributed by atoms with Crippen molar-refractivity contribution in [3.8, 4) is 0 Å². The molecule has 3 heteroatoms. The van der Waals surface area contributed by atoms with Crippen LogP contribution in [-0.2, 0) is 4.74 Å². The van der Waals surface area contributed by atoms with Crippen molar-refractivity contribution in [3.63, 3.8) is 0 Å². The molecule has 0 aliphatic heterocycles. The van der Waals surface area contributed by atoms with E-state index in [2.05, 4.69) is 76.7 Å². The smallest absolute Gasteiger partial charge is 0.0528 e. The molecule has 0 amide bonds. The lowest BCUT2D eigenvalue weighted by Crippen LogP contribution is -2.42. The molecule has 3 aliphatic rings. The normalized spacial score (nSPS) is 31.0. The van der Waals surface area contributed by atoms with Gasteiger partial charge in [0.15, 0.2) is 0 Å². The van der Waals surface area contributed by atoms with Gasteiger partial charge in [-0.05, 0) is 108 Å². The first-order valence-electron chi connectivity index (χ1n) is 13.9. The van der Waals surface area contributed by atoms with Crippen LogP contribution in [0.2, 0.25) is 0 Å². The number of hydrogen-bond donors (Lipinski definition) is 0.